The first-order valence-corrected chi connectivity index (χ1v) is 8.79. The molecule has 0 unspecified atom stereocenters. The zero-order valence-corrected chi connectivity index (χ0v) is 13.0. The van der Waals surface area contributed by atoms with Crippen molar-refractivity contribution in [2.75, 3.05) is 18.8 Å². The molecule has 1 saturated heterocycles. The van der Waals surface area contributed by atoms with Gasteiger partial charge in [0.25, 0.3) is 0 Å². The van der Waals surface area contributed by atoms with Crippen LogP contribution in [0.2, 0.25) is 0 Å². The van der Waals surface area contributed by atoms with Gasteiger partial charge in [0.2, 0.25) is 15.9 Å². The predicted molar refractivity (Wildman–Crippen MR) is 76.3 cm³/mol. The lowest BCUT2D eigenvalue weighted by molar-refractivity contribution is -0.135. The SMILES string of the molecule is CCCCS(=O)(=O)NC1CCN(C(=O)C(C)C)CC1. The third-order valence-electron chi connectivity index (χ3n) is 3.41. The topological polar surface area (TPSA) is 66.5 Å². The Morgan fingerprint density at radius 1 is 1.32 bits per heavy atom. The molecule has 1 aliphatic rings. The van der Waals surface area contributed by atoms with Crippen LogP contribution in [0.15, 0.2) is 0 Å². The van der Waals surface area contributed by atoms with Gasteiger partial charge >= 0.3 is 0 Å². The Labute approximate surface area is 116 Å². The Morgan fingerprint density at radius 3 is 2.37 bits per heavy atom. The molecule has 0 radical (unpaired) electrons. The maximum atomic E-state index is 11.8. The lowest BCUT2D eigenvalue weighted by atomic mass is 10.0. The fraction of sp³-hybridized carbons (Fsp3) is 0.923. The standard InChI is InChI=1S/C13H26N2O3S/c1-4-5-10-19(17,18)14-12-6-8-15(9-7-12)13(16)11(2)3/h11-12,14H,4-10H2,1-3H3. The summed E-state index contributed by atoms with van der Waals surface area (Å²) < 4.78 is 26.3. The normalized spacial score (nSPS) is 18.0. The number of nitrogens with one attached hydrogen (secondary N) is 1. The molecule has 1 heterocycles. The zero-order chi connectivity index (χ0) is 14.5. The third kappa shape index (κ3) is 5.48. The van der Waals surface area contributed by atoms with Crippen LogP contribution in [0.1, 0.15) is 46.5 Å². The summed E-state index contributed by atoms with van der Waals surface area (Å²) in [6.07, 6.45) is 3.00. The monoisotopic (exact) mass is 290 g/mol. The van der Waals surface area contributed by atoms with Crippen LogP contribution in [0.25, 0.3) is 0 Å². The van der Waals surface area contributed by atoms with Gasteiger partial charge in [0, 0.05) is 25.0 Å². The lowest BCUT2D eigenvalue weighted by Crippen LogP contribution is -2.47. The molecular formula is C13H26N2O3S. The highest BCUT2D eigenvalue weighted by atomic mass is 32.2. The zero-order valence-electron chi connectivity index (χ0n) is 12.2. The number of unbranched alkanes of at least 4 members (excludes halogenated alkanes) is 1. The molecule has 1 rings (SSSR count). The minimum absolute atomic E-state index is 0.0118. The van der Waals surface area contributed by atoms with E-state index in [-0.39, 0.29) is 23.6 Å². The first-order valence-electron chi connectivity index (χ1n) is 7.14. The number of carbonyl (C=O) groups is 1. The summed E-state index contributed by atoms with van der Waals surface area (Å²) in [5.74, 6) is 0.374. The van der Waals surface area contributed by atoms with Gasteiger partial charge in [-0.15, -0.1) is 0 Å². The van der Waals surface area contributed by atoms with Crippen molar-refractivity contribution in [1.29, 1.82) is 0 Å². The molecule has 0 saturated carbocycles. The Kier molecular flexibility index (Phi) is 6.26. The van der Waals surface area contributed by atoms with Crippen LogP contribution in [0.3, 0.4) is 0 Å². The molecule has 112 valence electrons. The van der Waals surface area contributed by atoms with E-state index in [1.165, 1.54) is 0 Å². The Bertz CT molecular complexity index is 385. The number of carbonyl (C=O) groups excluding carboxylic acids is 1. The van der Waals surface area contributed by atoms with Gasteiger partial charge in [-0.25, -0.2) is 13.1 Å². The van der Waals surface area contributed by atoms with E-state index in [0.717, 1.165) is 6.42 Å². The molecule has 0 bridgehead atoms. The molecule has 0 atom stereocenters. The molecule has 0 spiro atoms. The maximum absolute atomic E-state index is 11.8. The van der Waals surface area contributed by atoms with E-state index in [2.05, 4.69) is 4.72 Å². The van der Waals surface area contributed by atoms with Crippen LogP contribution < -0.4 is 4.72 Å². The number of likely N-dealkylation sites (tertiary alicyclic amines) is 1. The second-order valence-electron chi connectivity index (χ2n) is 5.54. The van der Waals surface area contributed by atoms with Crippen LogP contribution in [0, 0.1) is 5.92 Å². The van der Waals surface area contributed by atoms with Gasteiger partial charge in [-0.3, -0.25) is 4.79 Å². The second-order valence-corrected chi connectivity index (χ2v) is 7.42. The van der Waals surface area contributed by atoms with Crippen LogP contribution in [-0.2, 0) is 14.8 Å². The second kappa shape index (κ2) is 7.24. The minimum atomic E-state index is -3.15. The van der Waals surface area contributed by atoms with E-state index in [4.69, 9.17) is 0 Å². The lowest BCUT2D eigenvalue weighted by Gasteiger charge is -2.33. The van der Waals surface area contributed by atoms with Crippen molar-refractivity contribution < 1.29 is 13.2 Å². The van der Waals surface area contributed by atoms with Crippen molar-refractivity contribution in [1.82, 2.24) is 9.62 Å². The smallest absolute Gasteiger partial charge is 0.225 e. The van der Waals surface area contributed by atoms with Crippen LogP contribution >= 0.6 is 0 Å². The largest absolute Gasteiger partial charge is 0.342 e. The van der Waals surface area contributed by atoms with Gasteiger partial charge in [0.15, 0.2) is 0 Å². The van der Waals surface area contributed by atoms with E-state index in [9.17, 15) is 13.2 Å². The summed E-state index contributed by atoms with van der Waals surface area (Å²) in [5, 5.41) is 0. The fourth-order valence-electron chi connectivity index (χ4n) is 2.23. The molecule has 6 heteroatoms. The van der Waals surface area contributed by atoms with Crippen molar-refractivity contribution in [2.45, 2.75) is 52.5 Å². The molecule has 1 N–H and O–H groups in total. The summed E-state index contributed by atoms with van der Waals surface area (Å²) in [4.78, 5) is 13.7. The highest BCUT2D eigenvalue weighted by Crippen LogP contribution is 2.14. The number of rotatable bonds is 6. The molecule has 1 amide bonds. The van der Waals surface area contributed by atoms with Crippen LogP contribution in [0.4, 0.5) is 0 Å². The summed E-state index contributed by atoms with van der Waals surface area (Å²) in [6.45, 7) is 7.06. The summed E-state index contributed by atoms with van der Waals surface area (Å²) in [5.41, 5.74) is 0. The highest BCUT2D eigenvalue weighted by molar-refractivity contribution is 7.89. The molecule has 19 heavy (non-hydrogen) atoms. The predicted octanol–water partition coefficient (Wildman–Crippen LogP) is 1.35. The number of amides is 1. The summed E-state index contributed by atoms with van der Waals surface area (Å²) >= 11 is 0. The van der Waals surface area contributed by atoms with Gasteiger partial charge in [0.05, 0.1) is 5.75 Å². The summed E-state index contributed by atoms with van der Waals surface area (Å²) in [7, 11) is -3.15. The third-order valence-corrected chi connectivity index (χ3v) is 4.93. The fourth-order valence-corrected chi connectivity index (χ4v) is 3.76. The van der Waals surface area contributed by atoms with Crippen molar-refractivity contribution in [3.05, 3.63) is 0 Å². The molecule has 0 aliphatic carbocycles. The van der Waals surface area contributed by atoms with E-state index in [1.54, 1.807) is 0 Å². The summed E-state index contributed by atoms with van der Waals surface area (Å²) in [6, 6.07) is -0.0157. The number of hydrogen-bond acceptors (Lipinski definition) is 3. The Hall–Kier alpha value is -0.620. The van der Waals surface area contributed by atoms with Crippen molar-refractivity contribution >= 4 is 15.9 Å². The Morgan fingerprint density at radius 2 is 1.89 bits per heavy atom. The molecular weight excluding hydrogens is 264 g/mol. The van der Waals surface area contributed by atoms with Crippen LogP contribution in [0.5, 0.6) is 0 Å². The first kappa shape index (κ1) is 16.4. The molecule has 0 aromatic rings. The average Bonchev–Trinajstić information content (AvgIpc) is 2.36. The van der Waals surface area contributed by atoms with Gasteiger partial charge in [-0.2, -0.15) is 0 Å². The Balaban J connectivity index is 2.40. The van der Waals surface area contributed by atoms with Gasteiger partial charge in [-0.05, 0) is 19.3 Å². The minimum Gasteiger partial charge on any atom is -0.342 e. The maximum Gasteiger partial charge on any atom is 0.225 e. The molecule has 0 aromatic heterocycles. The van der Waals surface area contributed by atoms with E-state index in [0.29, 0.717) is 32.4 Å². The number of hydrogen-bond donors (Lipinski definition) is 1. The quantitative estimate of drug-likeness (QED) is 0.803. The average molecular weight is 290 g/mol. The van der Waals surface area contributed by atoms with Crippen molar-refractivity contribution in [3.63, 3.8) is 0 Å². The first-order chi connectivity index (χ1) is 8.85. The molecule has 5 nitrogen and oxygen atoms in total. The van der Waals surface area contributed by atoms with Crippen molar-refractivity contribution in [2.24, 2.45) is 5.92 Å². The molecule has 0 aromatic carbocycles. The van der Waals surface area contributed by atoms with E-state index in [1.807, 2.05) is 25.7 Å². The van der Waals surface area contributed by atoms with E-state index >= 15 is 0 Å². The highest BCUT2D eigenvalue weighted by Gasteiger charge is 2.26. The van der Waals surface area contributed by atoms with Gasteiger partial charge in [-0.1, -0.05) is 27.2 Å². The van der Waals surface area contributed by atoms with Crippen LogP contribution in [-0.4, -0.2) is 44.1 Å². The van der Waals surface area contributed by atoms with Gasteiger partial charge < -0.3 is 4.90 Å². The van der Waals surface area contributed by atoms with E-state index < -0.39 is 10.0 Å². The van der Waals surface area contributed by atoms with Crippen molar-refractivity contribution in [3.8, 4) is 0 Å². The number of sulfonamides is 1. The number of piperidine rings is 1. The number of nitrogens with zero attached hydrogens (tertiary/aromatic N) is 1. The molecule has 1 fully saturated rings. The molecule has 1 aliphatic heterocycles. The van der Waals surface area contributed by atoms with Gasteiger partial charge in [0.1, 0.15) is 0 Å².